The molecule has 0 atom stereocenters. The molecule has 0 spiro atoms. The van der Waals surface area contributed by atoms with Crippen LogP contribution in [0.2, 0.25) is 0 Å². The maximum Gasteiger partial charge on any atom is 0.119 e. The van der Waals surface area contributed by atoms with Crippen LogP contribution in [0.5, 0.6) is 5.75 Å². The maximum absolute atomic E-state index is 5.86. The molecular formula is C19H25NO. The second-order valence-electron chi connectivity index (χ2n) is 5.61. The fraction of sp³-hybridized carbons (Fsp3) is 0.368. The molecule has 2 aromatic carbocycles. The first-order valence-electron chi connectivity index (χ1n) is 7.69. The first kappa shape index (κ1) is 15.6. The lowest BCUT2D eigenvalue weighted by Gasteiger charge is -2.10. The minimum atomic E-state index is 0.797. The summed E-state index contributed by atoms with van der Waals surface area (Å²) in [5.41, 5.74) is 2.44. The zero-order valence-corrected chi connectivity index (χ0v) is 13.1. The van der Waals surface area contributed by atoms with E-state index < -0.39 is 0 Å². The number of hydrogen-bond donors (Lipinski definition) is 0. The number of unbranched alkanes of at least 4 members (excludes halogenated alkanes) is 2. The number of ether oxygens (including phenoxy) is 1. The van der Waals surface area contributed by atoms with Crippen molar-refractivity contribution in [1.82, 2.24) is 4.90 Å². The van der Waals surface area contributed by atoms with Crippen LogP contribution in [0.3, 0.4) is 0 Å². The van der Waals surface area contributed by atoms with Gasteiger partial charge in [-0.05, 0) is 63.2 Å². The molecule has 0 unspecified atom stereocenters. The fourth-order valence-corrected chi connectivity index (χ4v) is 2.29. The fourth-order valence-electron chi connectivity index (χ4n) is 2.29. The molecule has 0 aliphatic rings. The lowest BCUT2D eigenvalue weighted by molar-refractivity contribution is 0.299. The highest BCUT2D eigenvalue weighted by Gasteiger charge is 1.99. The van der Waals surface area contributed by atoms with Gasteiger partial charge in [0.05, 0.1) is 6.61 Å². The Morgan fingerprint density at radius 2 is 1.57 bits per heavy atom. The van der Waals surface area contributed by atoms with Crippen LogP contribution in [0.15, 0.2) is 54.6 Å². The SMILES string of the molecule is CN(C)CCCCCOc1cccc(-c2ccccc2)c1. The molecular weight excluding hydrogens is 258 g/mol. The van der Waals surface area contributed by atoms with Gasteiger partial charge in [0.25, 0.3) is 0 Å². The summed E-state index contributed by atoms with van der Waals surface area (Å²) in [6, 6.07) is 18.8. The Balaban J connectivity index is 1.79. The second-order valence-corrected chi connectivity index (χ2v) is 5.61. The highest BCUT2D eigenvalue weighted by atomic mass is 16.5. The van der Waals surface area contributed by atoms with Crippen LogP contribution in [0, 0.1) is 0 Å². The van der Waals surface area contributed by atoms with Crippen molar-refractivity contribution < 1.29 is 4.74 Å². The van der Waals surface area contributed by atoms with Crippen molar-refractivity contribution in [2.24, 2.45) is 0 Å². The molecule has 0 fully saturated rings. The van der Waals surface area contributed by atoms with E-state index in [1.54, 1.807) is 0 Å². The zero-order chi connectivity index (χ0) is 14.9. The van der Waals surface area contributed by atoms with Crippen LogP contribution in [0.4, 0.5) is 0 Å². The molecule has 21 heavy (non-hydrogen) atoms. The van der Waals surface area contributed by atoms with Crippen molar-refractivity contribution in [2.45, 2.75) is 19.3 Å². The summed E-state index contributed by atoms with van der Waals surface area (Å²) in [5.74, 6) is 0.962. The Labute approximate surface area is 128 Å². The van der Waals surface area contributed by atoms with Crippen molar-refractivity contribution in [3.63, 3.8) is 0 Å². The molecule has 2 rings (SSSR count). The molecule has 0 saturated carbocycles. The van der Waals surface area contributed by atoms with E-state index in [-0.39, 0.29) is 0 Å². The van der Waals surface area contributed by atoms with E-state index in [1.165, 1.54) is 24.0 Å². The quantitative estimate of drug-likeness (QED) is 0.663. The molecule has 2 nitrogen and oxygen atoms in total. The van der Waals surface area contributed by atoms with E-state index in [0.29, 0.717) is 0 Å². The van der Waals surface area contributed by atoms with E-state index in [1.807, 2.05) is 12.1 Å². The third kappa shape index (κ3) is 5.60. The topological polar surface area (TPSA) is 12.5 Å². The van der Waals surface area contributed by atoms with Gasteiger partial charge in [0.2, 0.25) is 0 Å². The van der Waals surface area contributed by atoms with Crippen molar-refractivity contribution >= 4 is 0 Å². The molecule has 0 amide bonds. The van der Waals surface area contributed by atoms with Crippen molar-refractivity contribution in [1.29, 1.82) is 0 Å². The van der Waals surface area contributed by atoms with Gasteiger partial charge < -0.3 is 9.64 Å². The molecule has 0 saturated heterocycles. The van der Waals surface area contributed by atoms with Crippen LogP contribution in [-0.4, -0.2) is 32.1 Å². The third-order valence-electron chi connectivity index (χ3n) is 3.46. The smallest absolute Gasteiger partial charge is 0.119 e. The summed E-state index contributed by atoms with van der Waals surface area (Å²) < 4.78 is 5.86. The Hall–Kier alpha value is -1.80. The standard InChI is InChI=1S/C19H25NO/c1-20(2)14-7-4-8-15-21-19-13-9-12-18(16-19)17-10-5-3-6-11-17/h3,5-6,9-13,16H,4,7-8,14-15H2,1-2H3. The highest BCUT2D eigenvalue weighted by Crippen LogP contribution is 2.23. The molecule has 2 heteroatoms. The average Bonchev–Trinajstić information content (AvgIpc) is 2.52. The van der Waals surface area contributed by atoms with Crippen molar-refractivity contribution in [3.05, 3.63) is 54.6 Å². The van der Waals surface area contributed by atoms with Gasteiger partial charge in [0.1, 0.15) is 5.75 Å². The third-order valence-corrected chi connectivity index (χ3v) is 3.46. The van der Waals surface area contributed by atoms with Gasteiger partial charge in [-0.15, -0.1) is 0 Å². The van der Waals surface area contributed by atoms with Gasteiger partial charge in [-0.2, -0.15) is 0 Å². The van der Waals surface area contributed by atoms with Crippen LogP contribution < -0.4 is 4.74 Å². The molecule has 0 radical (unpaired) electrons. The first-order chi connectivity index (χ1) is 10.3. The summed E-state index contributed by atoms with van der Waals surface area (Å²) in [7, 11) is 4.23. The predicted octanol–water partition coefficient (Wildman–Crippen LogP) is 4.46. The zero-order valence-electron chi connectivity index (χ0n) is 13.1. The van der Waals surface area contributed by atoms with E-state index in [4.69, 9.17) is 4.74 Å². The van der Waals surface area contributed by atoms with Gasteiger partial charge in [-0.1, -0.05) is 42.5 Å². The van der Waals surface area contributed by atoms with Gasteiger partial charge in [0.15, 0.2) is 0 Å². The Bertz CT molecular complexity index is 522. The number of benzene rings is 2. The summed E-state index contributed by atoms with van der Waals surface area (Å²) in [6.07, 6.45) is 3.57. The van der Waals surface area contributed by atoms with E-state index >= 15 is 0 Å². The molecule has 2 aromatic rings. The second kappa shape index (κ2) is 8.48. The van der Waals surface area contributed by atoms with E-state index in [0.717, 1.165) is 25.3 Å². The van der Waals surface area contributed by atoms with Crippen molar-refractivity contribution in [2.75, 3.05) is 27.2 Å². The molecule has 0 heterocycles. The lowest BCUT2D eigenvalue weighted by atomic mass is 10.1. The van der Waals surface area contributed by atoms with Crippen molar-refractivity contribution in [3.8, 4) is 16.9 Å². The number of nitrogens with zero attached hydrogens (tertiary/aromatic N) is 1. The minimum Gasteiger partial charge on any atom is -0.494 e. The molecule has 0 aliphatic carbocycles. The normalized spacial score (nSPS) is 10.8. The Kier molecular flexibility index (Phi) is 6.29. The average molecular weight is 283 g/mol. The summed E-state index contributed by atoms with van der Waals surface area (Å²) in [4.78, 5) is 2.23. The monoisotopic (exact) mass is 283 g/mol. The predicted molar refractivity (Wildman–Crippen MR) is 89.8 cm³/mol. The van der Waals surface area contributed by atoms with Crippen LogP contribution in [0.25, 0.3) is 11.1 Å². The molecule has 112 valence electrons. The number of rotatable bonds is 8. The van der Waals surface area contributed by atoms with Crippen LogP contribution in [-0.2, 0) is 0 Å². The maximum atomic E-state index is 5.86. The summed E-state index contributed by atoms with van der Waals surface area (Å²) in [5, 5.41) is 0. The lowest BCUT2D eigenvalue weighted by Crippen LogP contribution is -2.13. The Morgan fingerprint density at radius 1 is 0.810 bits per heavy atom. The summed E-state index contributed by atoms with van der Waals surface area (Å²) in [6.45, 7) is 1.95. The van der Waals surface area contributed by atoms with Gasteiger partial charge in [-0.3, -0.25) is 0 Å². The molecule has 0 aliphatic heterocycles. The molecule has 0 bridgehead atoms. The van der Waals surface area contributed by atoms with Gasteiger partial charge in [0, 0.05) is 0 Å². The van der Waals surface area contributed by atoms with E-state index in [2.05, 4.69) is 61.5 Å². The largest absolute Gasteiger partial charge is 0.494 e. The molecule has 0 aromatic heterocycles. The van der Waals surface area contributed by atoms with Gasteiger partial charge in [-0.25, -0.2) is 0 Å². The van der Waals surface area contributed by atoms with Crippen LogP contribution in [0.1, 0.15) is 19.3 Å². The highest BCUT2D eigenvalue weighted by molar-refractivity contribution is 5.64. The first-order valence-corrected chi connectivity index (χ1v) is 7.69. The summed E-state index contributed by atoms with van der Waals surface area (Å²) >= 11 is 0. The molecule has 0 N–H and O–H groups in total. The van der Waals surface area contributed by atoms with Crippen LogP contribution >= 0.6 is 0 Å². The minimum absolute atomic E-state index is 0.797. The number of hydrogen-bond acceptors (Lipinski definition) is 2. The van der Waals surface area contributed by atoms with E-state index in [9.17, 15) is 0 Å². The van der Waals surface area contributed by atoms with Gasteiger partial charge >= 0.3 is 0 Å². The Morgan fingerprint density at radius 3 is 2.33 bits per heavy atom.